The molecule has 17 heavy (non-hydrogen) atoms. The first kappa shape index (κ1) is 12.8. The van der Waals surface area contributed by atoms with Crippen LogP contribution >= 0.6 is 23.2 Å². The summed E-state index contributed by atoms with van der Waals surface area (Å²) in [5.41, 5.74) is 2.10. The lowest BCUT2D eigenvalue weighted by atomic mass is 9.83. The normalized spacial score (nSPS) is 23.1. The lowest BCUT2D eigenvalue weighted by Crippen LogP contribution is -2.12. The van der Waals surface area contributed by atoms with E-state index < -0.39 is 0 Å². The number of hydrogen-bond donors (Lipinski definition) is 0. The second kappa shape index (κ2) is 4.95. The molecule has 2 unspecified atom stereocenters. The van der Waals surface area contributed by atoms with Crippen LogP contribution in [-0.4, -0.2) is 14.2 Å². The molecular weight excluding hydrogens is 259 g/mol. The van der Waals surface area contributed by atoms with Crippen molar-refractivity contribution in [3.8, 4) is 11.5 Å². The van der Waals surface area contributed by atoms with Gasteiger partial charge in [0.15, 0.2) is 11.5 Å². The highest BCUT2D eigenvalue weighted by molar-refractivity contribution is 6.32. The second-order valence-electron chi connectivity index (χ2n) is 4.37. The summed E-state index contributed by atoms with van der Waals surface area (Å²) in [4.78, 5) is 0. The largest absolute Gasteiger partial charge is 0.493 e. The summed E-state index contributed by atoms with van der Waals surface area (Å²) in [6.45, 7) is 2.17. The van der Waals surface area contributed by atoms with Gasteiger partial charge in [0.1, 0.15) is 0 Å². The topological polar surface area (TPSA) is 18.5 Å². The Morgan fingerprint density at radius 1 is 1.18 bits per heavy atom. The summed E-state index contributed by atoms with van der Waals surface area (Å²) < 4.78 is 10.7. The van der Waals surface area contributed by atoms with E-state index in [2.05, 4.69) is 6.92 Å². The van der Waals surface area contributed by atoms with Crippen molar-refractivity contribution in [2.24, 2.45) is 0 Å². The van der Waals surface area contributed by atoms with Crippen LogP contribution in [-0.2, 0) is 0 Å². The average Bonchev–Trinajstić information content (AvgIpc) is 2.32. The summed E-state index contributed by atoms with van der Waals surface area (Å²) >= 11 is 12.7. The third kappa shape index (κ3) is 2.09. The molecule has 2 atom stereocenters. The molecular formula is C13H16Cl2O2. The van der Waals surface area contributed by atoms with Crippen LogP contribution < -0.4 is 9.47 Å². The number of fused-ring (bicyclic) bond motifs is 1. The summed E-state index contributed by atoms with van der Waals surface area (Å²) in [6.07, 6.45) is 1.99. The molecule has 1 aromatic carbocycles. The number of ether oxygens (including phenoxy) is 2. The molecule has 2 nitrogen and oxygen atoms in total. The quantitative estimate of drug-likeness (QED) is 0.738. The maximum Gasteiger partial charge on any atom is 0.165 e. The molecule has 0 radical (unpaired) electrons. The zero-order chi connectivity index (χ0) is 12.6. The van der Waals surface area contributed by atoms with Gasteiger partial charge in [-0.2, -0.15) is 0 Å². The minimum absolute atomic E-state index is 0.0521. The molecule has 1 aliphatic carbocycles. The van der Waals surface area contributed by atoms with Crippen LogP contribution in [0.4, 0.5) is 0 Å². The van der Waals surface area contributed by atoms with Crippen molar-refractivity contribution in [2.45, 2.75) is 31.1 Å². The molecule has 0 spiro atoms. The first-order valence-corrected chi connectivity index (χ1v) is 6.49. The van der Waals surface area contributed by atoms with Gasteiger partial charge in [-0.3, -0.25) is 0 Å². The van der Waals surface area contributed by atoms with Crippen LogP contribution in [0.2, 0.25) is 5.02 Å². The Kier molecular flexibility index (Phi) is 3.74. The standard InChI is InChI=1S/C13H16Cl2O2/c1-7-4-5-8(14)12-11(7)9(15)6-10(16-2)13(12)17-3/h6-8H,4-5H2,1-3H3. The van der Waals surface area contributed by atoms with Crippen molar-refractivity contribution >= 4 is 23.2 Å². The predicted molar refractivity (Wildman–Crippen MR) is 70.8 cm³/mol. The summed E-state index contributed by atoms with van der Waals surface area (Å²) in [5.74, 6) is 1.78. The molecule has 0 fully saturated rings. The smallest absolute Gasteiger partial charge is 0.165 e. The molecule has 4 heteroatoms. The molecule has 0 saturated heterocycles. The van der Waals surface area contributed by atoms with Gasteiger partial charge in [-0.1, -0.05) is 18.5 Å². The van der Waals surface area contributed by atoms with E-state index in [4.69, 9.17) is 32.7 Å². The zero-order valence-electron chi connectivity index (χ0n) is 10.2. The van der Waals surface area contributed by atoms with Gasteiger partial charge in [-0.25, -0.2) is 0 Å². The van der Waals surface area contributed by atoms with Gasteiger partial charge in [0.25, 0.3) is 0 Å². The Labute approximate surface area is 112 Å². The summed E-state index contributed by atoms with van der Waals surface area (Å²) in [6, 6.07) is 1.81. The van der Waals surface area contributed by atoms with E-state index in [0.29, 0.717) is 11.7 Å². The van der Waals surface area contributed by atoms with E-state index in [1.165, 1.54) is 0 Å². The molecule has 0 bridgehead atoms. The van der Waals surface area contributed by atoms with Gasteiger partial charge in [0.2, 0.25) is 0 Å². The van der Waals surface area contributed by atoms with Gasteiger partial charge >= 0.3 is 0 Å². The summed E-state index contributed by atoms with van der Waals surface area (Å²) in [5, 5.41) is 0.666. The maximum absolute atomic E-state index is 6.40. The molecule has 94 valence electrons. The molecule has 0 heterocycles. The van der Waals surface area contributed by atoms with Crippen molar-refractivity contribution in [1.82, 2.24) is 0 Å². The van der Waals surface area contributed by atoms with Crippen LogP contribution in [0.3, 0.4) is 0 Å². The fraction of sp³-hybridized carbons (Fsp3) is 0.538. The first-order chi connectivity index (χ1) is 8.10. The number of methoxy groups -OCH3 is 2. The average molecular weight is 275 g/mol. The van der Waals surface area contributed by atoms with E-state index in [9.17, 15) is 0 Å². The SMILES string of the molecule is COc1cc(Cl)c2c(c1OC)C(Cl)CCC2C. The fourth-order valence-corrected chi connectivity index (χ4v) is 3.23. The number of hydrogen-bond acceptors (Lipinski definition) is 2. The molecule has 0 aromatic heterocycles. The van der Waals surface area contributed by atoms with Crippen LogP contribution in [0, 0.1) is 0 Å². The third-order valence-electron chi connectivity index (χ3n) is 3.36. The van der Waals surface area contributed by atoms with E-state index in [0.717, 1.165) is 34.7 Å². The fourth-order valence-electron chi connectivity index (χ4n) is 2.50. The van der Waals surface area contributed by atoms with E-state index in [-0.39, 0.29) is 5.38 Å². The Balaban J connectivity index is 2.70. The molecule has 0 saturated carbocycles. The van der Waals surface area contributed by atoms with Crippen molar-refractivity contribution in [3.05, 3.63) is 22.2 Å². The number of alkyl halides is 1. The summed E-state index contributed by atoms with van der Waals surface area (Å²) in [7, 11) is 3.24. The number of benzene rings is 1. The molecule has 0 N–H and O–H groups in total. The first-order valence-electron chi connectivity index (χ1n) is 5.68. The lowest BCUT2D eigenvalue weighted by Gasteiger charge is -2.29. The van der Waals surface area contributed by atoms with Crippen LogP contribution in [0.1, 0.15) is 42.2 Å². The van der Waals surface area contributed by atoms with E-state index in [1.54, 1.807) is 14.2 Å². The van der Waals surface area contributed by atoms with Crippen molar-refractivity contribution < 1.29 is 9.47 Å². The highest BCUT2D eigenvalue weighted by Crippen LogP contribution is 2.51. The van der Waals surface area contributed by atoms with Crippen LogP contribution in [0.5, 0.6) is 11.5 Å². The Morgan fingerprint density at radius 2 is 1.88 bits per heavy atom. The van der Waals surface area contributed by atoms with Crippen molar-refractivity contribution in [1.29, 1.82) is 0 Å². The van der Waals surface area contributed by atoms with Gasteiger partial charge in [0.05, 0.1) is 19.6 Å². The van der Waals surface area contributed by atoms with E-state index >= 15 is 0 Å². The molecule has 1 aromatic rings. The van der Waals surface area contributed by atoms with Gasteiger partial charge < -0.3 is 9.47 Å². The van der Waals surface area contributed by atoms with Crippen LogP contribution in [0.15, 0.2) is 6.07 Å². The highest BCUT2D eigenvalue weighted by atomic mass is 35.5. The van der Waals surface area contributed by atoms with E-state index in [1.807, 2.05) is 6.07 Å². The van der Waals surface area contributed by atoms with Crippen molar-refractivity contribution in [2.75, 3.05) is 14.2 Å². The number of rotatable bonds is 2. The Hall–Kier alpha value is -0.600. The molecule has 0 aliphatic heterocycles. The minimum atomic E-state index is -0.0521. The Morgan fingerprint density at radius 3 is 2.47 bits per heavy atom. The molecule has 2 rings (SSSR count). The highest BCUT2D eigenvalue weighted by Gasteiger charge is 2.31. The third-order valence-corrected chi connectivity index (χ3v) is 4.11. The van der Waals surface area contributed by atoms with Crippen molar-refractivity contribution in [3.63, 3.8) is 0 Å². The van der Waals surface area contributed by atoms with Gasteiger partial charge in [-0.05, 0) is 24.3 Å². The lowest BCUT2D eigenvalue weighted by molar-refractivity contribution is 0.348. The van der Waals surface area contributed by atoms with Gasteiger partial charge in [-0.15, -0.1) is 11.6 Å². The van der Waals surface area contributed by atoms with Crippen LogP contribution in [0.25, 0.3) is 0 Å². The molecule has 0 amide bonds. The minimum Gasteiger partial charge on any atom is -0.493 e. The Bertz CT molecular complexity index is 432. The maximum atomic E-state index is 6.40. The number of halogens is 2. The second-order valence-corrected chi connectivity index (χ2v) is 5.30. The monoisotopic (exact) mass is 274 g/mol. The van der Waals surface area contributed by atoms with Gasteiger partial charge in [0, 0.05) is 16.7 Å². The molecule has 1 aliphatic rings. The predicted octanol–water partition coefficient (Wildman–Crippen LogP) is 4.53. The zero-order valence-corrected chi connectivity index (χ0v) is 11.7.